The van der Waals surface area contributed by atoms with Crippen molar-refractivity contribution in [2.24, 2.45) is 5.92 Å². The molecule has 3 atom stereocenters. The van der Waals surface area contributed by atoms with Gasteiger partial charge in [-0.3, -0.25) is 0 Å². The third kappa shape index (κ3) is 3.44. The average Bonchev–Trinajstić information content (AvgIpc) is 2.92. The molecule has 1 saturated heterocycles. The first-order valence-corrected chi connectivity index (χ1v) is 7.37. The van der Waals surface area contributed by atoms with Gasteiger partial charge in [-0.15, -0.1) is 0 Å². The Bertz CT molecular complexity index is 436. The van der Waals surface area contributed by atoms with Crippen LogP contribution in [0.2, 0.25) is 0 Å². The highest BCUT2D eigenvalue weighted by Crippen LogP contribution is 2.29. The molecule has 1 fully saturated rings. The van der Waals surface area contributed by atoms with E-state index in [1.54, 1.807) is 13.2 Å². The number of hydrogen-bond donors (Lipinski definition) is 2. The van der Waals surface area contributed by atoms with Gasteiger partial charge < -0.3 is 19.9 Å². The summed E-state index contributed by atoms with van der Waals surface area (Å²) >= 11 is 0. The number of phenols is 1. The predicted molar refractivity (Wildman–Crippen MR) is 79.2 cm³/mol. The Balaban J connectivity index is 1.93. The van der Waals surface area contributed by atoms with Gasteiger partial charge in [-0.1, -0.05) is 13.0 Å². The smallest absolute Gasteiger partial charge is 0.124 e. The van der Waals surface area contributed by atoms with Crippen molar-refractivity contribution >= 4 is 0 Å². The van der Waals surface area contributed by atoms with Gasteiger partial charge in [-0.25, -0.2) is 0 Å². The van der Waals surface area contributed by atoms with Gasteiger partial charge in [0, 0.05) is 30.8 Å². The van der Waals surface area contributed by atoms with Crippen LogP contribution in [0.4, 0.5) is 0 Å². The molecule has 1 aromatic rings. The molecule has 1 heterocycles. The van der Waals surface area contributed by atoms with Crippen LogP contribution in [0.5, 0.6) is 11.5 Å². The summed E-state index contributed by atoms with van der Waals surface area (Å²) in [6, 6.07) is 5.55. The SMILES string of the molecule is CCC1OCCC1CNC(C)c1ccc(OC)cc1O. The standard InChI is InChI=1S/C16H25NO3/c1-4-16-12(7-8-20-16)10-17-11(2)14-6-5-13(19-3)9-15(14)18/h5-6,9,11-12,16-18H,4,7-8,10H2,1-3H3. The Labute approximate surface area is 121 Å². The van der Waals surface area contributed by atoms with E-state index in [1.807, 2.05) is 12.1 Å². The maximum Gasteiger partial charge on any atom is 0.124 e. The van der Waals surface area contributed by atoms with E-state index in [0.717, 1.165) is 31.6 Å². The van der Waals surface area contributed by atoms with Crippen LogP contribution in [0.25, 0.3) is 0 Å². The highest BCUT2D eigenvalue weighted by molar-refractivity contribution is 5.41. The van der Waals surface area contributed by atoms with Gasteiger partial charge in [0.1, 0.15) is 11.5 Å². The van der Waals surface area contributed by atoms with E-state index >= 15 is 0 Å². The molecule has 0 bridgehead atoms. The quantitative estimate of drug-likeness (QED) is 0.840. The van der Waals surface area contributed by atoms with Crippen LogP contribution in [-0.4, -0.2) is 31.5 Å². The molecule has 4 heteroatoms. The van der Waals surface area contributed by atoms with Crippen LogP contribution in [0.3, 0.4) is 0 Å². The summed E-state index contributed by atoms with van der Waals surface area (Å²) in [5.74, 6) is 1.52. The molecule has 0 radical (unpaired) electrons. The van der Waals surface area contributed by atoms with Crippen molar-refractivity contribution < 1.29 is 14.6 Å². The lowest BCUT2D eigenvalue weighted by Gasteiger charge is -2.21. The van der Waals surface area contributed by atoms with E-state index in [0.29, 0.717) is 17.8 Å². The second-order valence-corrected chi connectivity index (χ2v) is 5.42. The monoisotopic (exact) mass is 279 g/mol. The molecule has 20 heavy (non-hydrogen) atoms. The van der Waals surface area contributed by atoms with Gasteiger partial charge in [-0.2, -0.15) is 0 Å². The summed E-state index contributed by atoms with van der Waals surface area (Å²) in [4.78, 5) is 0. The van der Waals surface area contributed by atoms with Gasteiger partial charge in [0.05, 0.1) is 13.2 Å². The van der Waals surface area contributed by atoms with Gasteiger partial charge in [0.2, 0.25) is 0 Å². The molecule has 3 unspecified atom stereocenters. The molecule has 0 saturated carbocycles. The van der Waals surface area contributed by atoms with Gasteiger partial charge in [0.25, 0.3) is 0 Å². The zero-order valence-corrected chi connectivity index (χ0v) is 12.6. The number of nitrogens with one attached hydrogen (secondary N) is 1. The fourth-order valence-corrected chi connectivity index (χ4v) is 2.83. The minimum Gasteiger partial charge on any atom is -0.507 e. The van der Waals surface area contributed by atoms with E-state index in [1.165, 1.54) is 0 Å². The molecule has 0 spiro atoms. The minimum absolute atomic E-state index is 0.110. The lowest BCUT2D eigenvalue weighted by molar-refractivity contribution is 0.0867. The van der Waals surface area contributed by atoms with Crippen molar-refractivity contribution in [3.05, 3.63) is 23.8 Å². The van der Waals surface area contributed by atoms with Gasteiger partial charge in [0.15, 0.2) is 0 Å². The molecule has 1 aliphatic heterocycles. The number of benzene rings is 1. The fraction of sp³-hybridized carbons (Fsp3) is 0.625. The summed E-state index contributed by atoms with van der Waals surface area (Å²) < 4.78 is 10.8. The average molecular weight is 279 g/mol. The molecule has 0 aromatic heterocycles. The van der Waals surface area contributed by atoms with Crippen LogP contribution >= 0.6 is 0 Å². The first kappa shape index (κ1) is 15.1. The Kier molecular flexibility index (Phi) is 5.26. The van der Waals surface area contributed by atoms with E-state index in [4.69, 9.17) is 9.47 Å². The maximum absolute atomic E-state index is 10.0. The number of ether oxygens (including phenoxy) is 2. The molecular formula is C16H25NO3. The maximum atomic E-state index is 10.0. The lowest BCUT2D eigenvalue weighted by Crippen LogP contribution is -2.30. The van der Waals surface area contributed by atoms with E-state index in [9.17, 15) is 5.11 Å². The second-order valence-electron chi connectivity index (χ2n) is 5.42. The Morgan fingerprint density at radius 3 is 2.95 bits per heavy atom. The third-order valence-corrected chi connectivity index (χ3v) is 4.14. The molecule has 0 aliphatic carbocycles. The Morgan fingerprint density at radius 2 is 2.30 bits per heavy atom. The molecule has 0 amide bonds. The van der Waals surface area contributed by atoms with Gasteiger partial charge in [-0.05, 0) is 31.7 Å². The number of aromatic hydroxyl groups is 1. The van der Waals surface area contributed by atoms with Crippen LogP contribution in [0.15, 0.2) is 18.2 Å². The topological polar surface area (TPSA) is 50.7 Å². The zero-order valence-electron chi connectivity index (χ0n) is 12.6. The molecule has 2 rings (SSSR count). The number of methoxy groups -OCH3 is 1. The van der Waals surface area contributed by atoms with Crippen LogP contribution in [-0.2, 0) is 4.74 Å². The summed E-state index contributed by atoms with van der Waals surface area (Å²) in [6.07, 6.45) is 2.56. The Morgan fingerprint density at radius 1 is 1.50 bits per heavy atom. The molecular weight excluding hydrogens is 254 g/mol. The number of phenolic OH excluding ortho intramolecular Hbond substituents is 1. The highest BCUT2D eigenvalue weighted by Gasteiger charge is 2.26. The summed E-state index contributed by atoms with van der Waals surface area (Å²) in [5.41, 5.74) is 0.901. The van der Waals surface area contributed by atoms with Crippen molar-refractivity contribution in [3.63, 3.8) is 0 Å². The largest absolute Gasteiger partial charge is 0.507 e. The predicted octanol–water partition coefficient (Wildman–Crippen LogP) is 2.87. The van der Waals surface area contributed by atoms with Crippen LogP contribution in [0.1, 0.15) is 38.3 Å². The third-order valence-electron chi connectivity index (χ3n) is 4.14. The Hall–Kier alpha value is -1.26. The molecule has 2 N–H and O–H groups in total. The highest BCUT2D eigenvalue weighted by atomic mass is 16.5. The number of hydrogen-bond acceptors (Lipinski definition) is 4. The normalized spacial score (nSPS) is 23.8. The summed E-state index contributed by atoms with van der Waals surface area (Å²) in [5, 5.41) is 13.5. The lowest BCUT2D eigenvalue weighted by atomic mass is 9.98. The van der Waals surface area contributed by atoms with Crippen molar-refractivity contribution in [1.82, 2.24) is 5.32 Å². The van der Waals surface area contributed by atoms with Crippen LogP contribution in [0, 0.1) is 5.92 Å². The first-order valence-electron chi connectivity index (χ1n) is 7.37. The minimum atomic E-state index is 0.110. The summed E-state index contributed by atoms with van der Waals surface area (Å²) in [7, 11) is 1.60. The number of rotatable bonds is 6. The molecule has 1 aliphatic rings. The molecule has 1 aromatic carbocycles. The van der Waals surface area contributed by atoms with Crippen LogP contribution < -0.4 is 10.1 Å². The fourth-order valence-electron chi connectivity index (χ4n) is 2.83. The zero-order chi connectivity index (χ0) is 14.5. The molecule has 4 nitrogen and oxygen atoms in total. The molecule has 112 valence electrons. The summed E-state index contributed by atoms with van der Waals surface area (Å²) in [6.45, 7) is 6.03. The first-order chi connectivity index (χ1) is 9.65. The van der Waals surface area contributed by atoms with Gasteiger partial charge >= 0.3 is 0 Å². The van der Waals surface area contributed by atoms with Crippen molar-refractivity contribution in [2.75, 3.05) is 20.3 Å². The van der Waals surface area contributed by atoms with E-state index < -0.39 is 0 Å². The van der Waals surface area contributed by atoms with E-state index in [-0.39, 0.29) is 11.8 Å². The second kappa shape index (κ2) is 6.95. The van der Waals surface area contributed by atoms with Crippen molar-refractivity contribution in [2.45, 2.75) is 38.8 Å². The van der Waals surface area contributed by atoms with Crippen molar-refractivity contribution in [1.29, 1.82) is 0 Å². The van der Waals surface area contributed by atoms with Crippen molar-refractivity contribution in [3.8, 4) is 11.5 Å². The van der Waals surface area contributed by atoms with E-state index in [2.05, 4.69) is 19.2 Å².